The van der Waals surface area contributed by atoms with Crippen molar-refractivity contribution in [3.63, 3.8) is 0 Å². The molecule has 0 aliphatic carbocycles. The highest BCUT2D eigenvalue weighted by molar-refractivity contribution is 9.11. The molecule has 0 radical (unpaired) electrons. The van der Waals surface area contributed by atoms with Crippen LogP contribution in [0.15, 0.2) is 59.1 Å². The Morgan fingerprint density at radius 3 is 2.26 bits per heavy atom. The lowest BCUT2D eigenvalue weighted by Gasteiger charge is -2.30. The molecule has 4 nitrogen and oxygen atoms in total. The molecule has 0 aromatic heterocycles. The minimum Gasteiger partial charge on any atom is -0.397 e. The molecule has 2 N–H and O–H groups in total. The number of anilines is 2. The summed E-state index contributed by atoms with van der Waals surface area (Å²) in [5, 5.41) is 0. The summed E-state index contributed by atoms with van der Waals surface area (Å²) in [4.78, 5) is 0. The first-order valence-electron chi connectivity index (χ1n) is 7.07. The van der Waals surface area contributed by atoms with Crippen LogP contribution in [0, 0.1) is 0 Å². The van der Waals surface area contributed by atoms with Crippen molar-refractivity contribution in [2.75, 3.05) is 16.3 Å². The van der Waals surface area contributed by atoms with Gasteiger partial charge in [-0.1, -0.05) is 58.4 Å². The number of benzene rings is 2. The molecule has 2 aromatic rings. The predicted molar refractivity (Wildman–Crippen MR) is 101 cm³/mol. The van der Waals surface area contributed by atoms with Crippen LogP contribution < -0.4 is 10.0 Å². The van der Waals surface area contributed by atoms with Crippen LogP contribution >= 0.6 is 15.9 Å². The molecule has 0 bridgehead atoms. The molecule has 1 unspecified atom stereocenters. The second-order valence-electron chi connectivity index (χ2n) is 5.23. The quantitative estimate of drug-likeness (QED) is 0.782. The third-order valence-corrected chi connectivity index (χ3v) is 5.51. The molecule has 0 amide bonds. The van der Waals surface area contributed by atoms with Crippen molar-refractivity contribution >= 4 is 43.4 Å². The van der Waals surface area contributed by atoms with Gasteiger partial charge < -0.3 is 5.73 Å². The molecule has 0 aliphatic rings. The molecule has 1 atom stereocenters. The predicted octanol–water partition coefficient (Wildman–Crippen LogP) is 3.86. The fourth-order valence-electron chi connectivity index (χ4n) is 2.30. The monoisotopic (exact) mass is 394 g/mol. The van der Waals surface area contributed by atoms with Gasteiger partial charge in [0.25, 0.3) is 0 Å². The van der Waals surface area contributed by atoms with E-state index in [0.29, 0.717) is 11.4 Å². The number of nitrogens with zero attached hydrogens (tertiary/aromatic N) is 1. The van der Waals surface area contributed by atoms with Gasteiger partial charge in [0, 0.05) is 4.48 Å². The third-order valence-electron chi connectivity index (χ3n) is 3.39. The number of nitrogens with two attached hydrogens (primary N) is 1. The van der Waals surface area contributed by atoms with Crippen LogP contribution in [0.25, 0.3) is 6.08 Å². The summed E-state index contributed by atoms with van der Waals surface area (Å²) in [5.74, 6) is 0. The smallest absolute Gasteiger partial charge is 0.232 e. The zero-order valence-corrected chi connectivity index (χ0v) is 15.4. The van der Waals surface area contributed by atoms with E-state index in [9.17, 15) is 8.42 Å². The number of hydrogen-bond acceptors (Lipinski definition) is 3. The lowest BCUT2D eigenvalue weighted by Crippen LogP contribution is -2.38. The molecule has 0 fully saturated rings. The van der Waals surface area contributed by atoms with Crippen LogP contribution in [0.2, 0.25) is 0 Å². The van der Waals surface area contributed by atoms with E-state index in [2.05, 4.69) is 15.9 Å². The lowest BCUT2D eigenvalue weighted by atomic mass is 10.1. The summed E-state index contributed by atoms with van der Waals surface area (Å²) in [6.07, 6.45) is 3.08. The Morgan fingerprint density at radius 1 is 1.13 bits per heavy atom. The standard InChI is InChI=1S/C17H19BrN2O2S/c1-13(15(18)12-14-8-4-3-5-9-14)20(23(2,21)22)17-11-7-6-10-16(17)19/h3-13H,19H2,1-2H3/b15-12-. The van der Waals surface area contributed by atoms with Crippen molar-refractivity contribution in [3.8, 4) is 0 Å². The fourth-order valence-corrected chi connectivity index (χ4v) is 4.12. The number of halogens is 1. The van der Waals surface area contributed by atoms with Crippen LogP contribution in [-0.2, 0) is 10.0 Å². The molecular weight excluding hydrogens is 376 g/mol. The van der Waals surface area contributed by atoms with E-state index in [1.807, 2.05) is 43.3 Å². The number of rotatable bonds is 5. The number of sulfonamides is 1. The minimum absolute atomic E-state index is 0.421. The van der Waals surface area contributed by atoms with Crippen molar-refractivity contribution in [3.05, 3.63) is 64.6 Å². The van der Waals surface area contributed by atoms with Gasteiger partial charge in [0.15, 0.2) is 0 Å². The second kappa shape index (κ2) is 7.19. The SMILES string of the molecule is CC(/C(Br)=C/c1ccccc1)N(c1ccccc1N)S(C)(=O)=O. The van der Waals surface area contributed by atoms with Crippen LogP contribution in [0.4, 0.5) is 11.4 Å². The van der Waals surface area contributed by atoms with Gasteiger partial charge in [0.1, 0.15) is 0 Å². The average Bonchev–Trinajstić information content (AvgIpc) is 2.49. The molecule has 2 aromatic carbocycles. The highest BCUT2D eigenvalue weighted by Gasteiger charge is 2.27. The van der Waals surface area contributed by atoms with E-state index in [1.165, 1.54) is 10.6 Å². The Morgan fingerprint density at radius 2 is 1.70 bits per heavy atom. The largest absolute Gasteiger partial charge is 0.397 e. The fraction of sp³-hybridized carbons (Fsp3) is 0.176. The van der Waals surface area contributed by atoms with Crippen molar-refractivity contribution in [2.45, 2.75) is 13.0 Å². The molecule has 0 heterocycles. The van der Waals surface area contributed by atoms with Crippen molar-refractivity contribution in [1.29, 1.82) is 0 Å². The molecule has 6 heteroatoms. The maximum absolute atomic E-state index is 12.3. The highest BCUT2D eigenvalue weighted by Crippen LogP contribution is 2.31. The van der Waals surface area contributed by atoms with Gasteiger partial charge >= 0.3 is 0 Å². The molecule has 122 valence electrons. The number of para-hydroxylation sites is 2. The van der Waals surface area contributed by atoms with Gasteiger partial charge in [-0.25, -0.2) is 8.42 Å². The van der Waals surface area contributed by atoms with Gasteiger partial charge in [-0.15, -0.1) is 0 Å². The second-order valence-corrected chi connectivity index (χ2v) is 8.01. The minimum atomic E-state index is -3.49. The first-order chi connectivity index (χ1) is 10.8. The van der Waals surface area contributed by atoms with E-state index < -0.39 is 16.1 Å². The average molecular weight is 395 g/mol. The zero-order chi connectivity index (χ0) is 17.0. The normalized spacial score (nSPS) is 13.6. The van der Waals surface area contributed by atoms with E-state index in [0.717, 1.165) is 10.0 Å². The molecular formula is C17H19BrN2O2S. The van der Waals surface area contributed by atoms with Crippen LogP contribution in [0.5, 0.6) is 0 Å². The summed E-state index contributed by atoms with van der Waals surface area (Å²) in [6, 6.07) is 16.2. The Bertz CT molecular complexity index is 804. The third kappa shape index (κ3) is 4.36. The van der Waals surface area contributed by atoms with Gasteiger partial charge in [-0.05, 0) is 30.7 Å². The zero-order valence-electron chi connectivity index (χ0n) is 13.0. The molecule has 0 aliphatic heterocycles. The van der Waals surface area contributed by atoms with Gasteiger partial charge in [-0.3, -0.25) is 4.31 Å². The Balaban J connectivity index is 2.45. The Hall–Kier alpha value is -1.79. The van der Waals surface area contributed by atoms with Crippen molar-refractivity contribution in [1.82, 2.24) is 0 Å². The lowest BCUT2D eigenvalue weighted by molar-refractivity contribution is 0.593. The van der Waals surface area contributed by atoms with Crippen LogP contribution in [0.1, 0.15) is 12.5 Å². The summed E-state index contributed by atoms with van der Waals surface area (Å²) in [6.45, 7) is 1.82. The van der Waals surface area contributed by atoms with Crippen LogP contribution in [-0.4, -0.2) is 20.7 Å². The topological polar surface area (TPSA) is 63.4 Å². The number of nitrogen functional groups attached to an aromatic ring is 1. The van der Waals surface area contributed by atoms with Gasteiger partial charge in [0.05, 0.1) is 23.7 Å². The molecule has 0 saturated carbocycles. The molecule has 23 heavy (non-hydrogen) atoms. The number of hydrogen-bond donors (Lipinski definition) is 1. The Labute approximate surface area is 145 Å². The van der Waals surface area contributed by atoms with Crippen molar-refractivity contribution in [2.24, 2.45) is 0 Å². The maximum atomic E-state index is 12.3. The summed E-state index contributed by atoms with van der Waals surface area (Å²) < 4.78 is 26.7. The van der Waals surface area contributed by atoms with E-state index in [-0.39, 0.29) is 0 Å². The maximum Gasteiger partial charge on any atom is 0.232 e. The van der Waals surface area contributed by atoms with E-state index in [1.54, 1.807) is 24.3 Å². The van der Waals surface area contributed by atoms with Gasteiger partial charge in [-0.2, -0.15) is 0 Å². The van der Waals surface area contributed by atoms with Crippen LogP contribution in [0.3, 0.4) is 0 Å². The summed E-state index contributed by atoms with van der Waals surface area (Å²) in [5.41, 5.74) is 7.85. The highest BCUT2D eigenvalue weighted by atomic mass is 79.9. The molecule has 0 saturated heterocycles. The molecule has 0 spiro atoms. The first kappa shape index (κ1) is 17.6. The summed E-state index contributed by atoms with van der Waals surface area (Å²) >= 11 is 3.51. The molecule has 2 rings (SSSR count). The van der Waals surface area contributed by atoms with Gasteiger partial charge in [0.2, 0.25) is 10.0 Å². The summed E-state index contributed by atoms with van der Waals surface area (Å²) in [7, 11) is -3.49. The van der Waals surface area contributed by atoms with Crippen molar-refractivity contribution < 1.29 is 8.42 Å². The van der Waals surface area contributed by atoms with E-state index >= 15 is 0 Å². The first-order valence-corrected chi connectivity index (χ1v) is 9.71. The van der Waals surface area contributed by atoms with E-state index in [4.69, 9.17) is 5.73 Å². The Kier molecular flexibility index (Phi) is 5.49.